The molecule has 2 N–H and O–H groups in total. The van der Waals surface area contributed by atoms with Crippen LogP contribution in [-0.4, -0.2) is 34.8 Å². The lowest BCUT2D eigenvalue weighted by atomic mass is 10.1. The maximum atomic E-state index is 12.1. The number of aromatic nitrogens is 2. The van der Waals surface area contributed by atoms with E-state index in [1.54, 1.807) is 0 Å². The van der Waals surface area contributed by atoms with E-state index in [0.29, 0.717) is 18.4 Å². The Labute approximate surface area is 146 Å². The molecule has 0 aliphatic carbocycles. The highest BCUT2D eigenvalue weighted by atomic mass is 35.5. The first kappa shape index (κ1) is 20.0. The zero-order valence-corrected chi connectivity index (χ0v) is 15.6. The quantitative estimate of drug-likeness (QED) is 0.834. The number of hydrogen-bond acceptors (Lipinski definition) is 3. The van der Waals surface area contributed by atoms with Crippen LogP contribution in [-0.2, 0) is 17.8 Å². The molecule has 5 nitrogen and oxygen atoms in total. The van der Waals surface area contributed by atoms with Crippen LogP contribution < -0.4 is 10.6 Å². The molecule has 0 spiro atoms. The highest BCUT2D eigenvalue weighted by Gasteiger charge is 2.17. The predicted octanol–water partition coefficient (Wildman–Crippen LogP) is 2.38. The molecule has 0 aromatic carbocycles. The predicted molar refractivity (Wildman–Crippen MR) is 96.1 cm³/mol. The van der Waals surface area contributed by atoms with Gasteiger partial charge in [0.1, 0.15) is 0 Å². The number of aryl methyl sites for hydroxylation is 1. The Morgan fingerprint density at radius 3 is 2.78 bits per heavy atom. The van der Waals surface area contributed by atoms with Gasteiger partial charge in [-0.25, -0.2) is 0 Å². The minimum absolute atomic E-state index is 0. The number of piperidine rings is 1. The van der Waals surface area contributed by atoms with Crippen LogP contribution in [0.15, 0.2) is 0 Å². The summed E-state index contributed by atoms with van der Waals surface area (Å²) in [7, 11) is 0. The van der Waals surface area contributed by atoms with Crippen molar-refractivity contribution in [2.75, 3.05) is 13.1 Å². The van der Waals surface area contributed by atoms with Gasteiger partial charge in [0.25, 0.3) is 0 Å². The smallest absolute Gasteiger partial charge is 0.220 e. The minimum atomic E-state index is 0. The Morgan fingerprint density at radius 1 is 1.43 bits per heavy atom. The van der Waals surface area contributed by atoms with E-state index in [1.807, 2.05) is 6.92 Å². The van der Waals surface area contributed by atoms with Crippen LogP contribution in [0.25, 0.3) is 0 Å². The van der Waals surface area contributed by atoms with E-state index in [9.17, 15) is 4.79 Å². The van der Waals surface area contributed by atoms with E-state index >= 15 is 0 Å². The van der Waals surface area contributed by atoms with Crippen LogP contribution in [0.5, 0.6) is 0 Å². The molecule has 1 amide bonds. The van der Waals surface area contributed by atoms with Crippen molar-refractivity contribution in [1.82, 2.24) is 20.4 Å². The molecule has 1 aliphatic rings. The van der Waals surface area contributed by atoms with Crippen molar-refractivity contribution in [3.63, 3.8) is 0 Å². The van der Waals surface area contributed by atoms with Crippen LogP contribution >= 0.6 is 12.4 Å². The van der Waals surface area contributed by atoms with Crippen LogP contribution in [0.1, 0.15) is 50.1 Å². The normalized spacial score (nSPS) is 17.9. The summed E-state index contributed by atoms with van der Waals surface area (Å²) in [5.74, 6) is 0.733. The average molecular weight is 343 g/mol. The van der Waals surface area contributed by atoms with E-state index < -0.39 is 0 Å². The summed E-state index contributed by atoms with van der Waals surface area (Å²) in [5.41, 5.74) is 3.50. The molecule has 0 saturated carbocycles. The molecule has 1 aromatic rings. The standard InChI is InChI=1S/C17H30N4O.ClH/c1-12(2)11-21-14(4)16(13(3)20-21)7-8-17(22)19-15-6-5-9-18-10-15;/h12,15,18H,5-11H2,1-4H3,(H,19,22);1H/t15-;/m0./s1. The zero-order valence-electron chi connectivity index (χ0n) is 14.8. The summed E-state index contributed by atoms with van der Waals surface area (Å²) in [5, 5.41) is 11.1. The van der Waals surface area contributed by atoms with Gasteiger partial charge in [0, 0.05) is 31.2 Å². The number of carbonyl (C=O) groups is 1. The summed E-state index contributed by atoms with van der Waals surface area (Å²) in [6, 6.07) is 0.298. The fourth-order valence-electron chi connectivity index (χ4n) is 3.13. The van der Waals surface area contributed by atoms with Crippen molar-refractivity contribution < 1.29 is 4.79 Å². The number of rotatable bonds is 6. The van der Waals surface area contributed by atoms with Crippen LogP contribution in [0, 0.1) is 19.8 Å². The van der Waals surface area contributed by atoms with Crippen LogP contribution in [0.4, 0.5) is 0 Å². The Balaban J connectivity index is 0.00000264. The van der Waals surface area contributed by atoms with Crippen molar-refractivity contribution in [2.45, 2.75) is 66.0 Å². The molecular formula is C17H31ClN4O. The van der Waals surface area contributed by atoms with Gasteiger partial charge in [-0.3, -0.25) is 9.48 Å². The second kappa shape index (κ2) is 9.28. The Kier molecular flexibility index (Phi) is 8.06. The van der Waals surface area contributed by atoms with Crippen molar-refractivity contribution >= 4 is 18.3 Å². The number of amides is 1. The zero-order chi connectivity index (χ0) is 16.1. The molecule has 1 fully saturated rings. The summed E-state index contributed by atoms with van der Waals surface area (Å²) in [6.07, 6.45) is 3.56. The summed E-state index contributed by atoms with van der Waals surface area (Å²) < 4.78 is 2.08. The molecule has 23 heavy (non-hydrogen) atoms. The fraction of sp³-hybridized carbons (Fsp3) is 0.765. The first-order valence-electron chi connectivity index (χ1n) is 8.50. The second-order valence-corrected chi connectivity index (χ2v) is 6.84. The molecule has 0 radical (unpaired) electrons. The van der Waals surface area contributed by atoms with Crippen molar-refractivity contribution in [3.8, 4) is 0 Å². The summed E-state index contributed by atoms with van der Waals surface area (Å²) in [4.78, 5) is 12.1. The van der Waals surface area contributed by atoms with E-state index in [2.05, 4.69) is 41.2 Å². The average Bonchev–Trinajstić information content (AvgIpc) is 2.72. The molecule has 132 valence electrons. The molecule has 2 heterocycles. The second-order valence-electron chi connectivity index (χ2n) is 6.84. The van der Waals surface area contributed by atoms with Gasteiger partial charge in [0.15, 0.2) is 0 Å². The van der Waals surface area contributed by atoms with Gasteiger partial charge in [-0.2, -0.15) is 5.10 Å². The first-order valence-corrected chi connectivity index (χ1v) is 8.50. The highest BCUT2D eigenvalue weighted by molar-refractivity contribution is 5.85. The van der Waals surface area contributed by atoms with E-state index in [-0.39, 0.29) is 18.3 Å². The lowest BCUT2D eigenvalue weighted by Gasteiger charge is -2.23. The number of nitrogens with one attached hydrogen (secondary N) is 2. The van der Waals surface area contributed by atoms with Crippen molar-refractivity contribution in [1.29, 1.82) is 0 Å². The monoisotopic (exact) mass is 342 g/mol. The van der Waals surface area contributed by atoms with Crippen LogP contribution in [0.2, 0.25) is 0 Å². The molecule has 1 saturated heterocycles. The van der Waals surface area contributed by atoms with E-state index in [1.165, 1.54) is 11.3 Å². The maximum absolute atomic E-state index is 12.1. The molecule has 6 heteroatoms. The van der Waals surface area contributed by atoms with Crippen LogP contribution in [0.3, 0.4) is 0 Å². The van der Waals surface area contributed by atoms with Crippen molar-refractivity contribution in [2.24, 2.45) is 5.92 Å². The van der Waals surface area contributed by atoms with E-state index in [0.717, 1.165) is 44.6 Å². The van der Waals surface area contributed by atoms with Gasteiger partial charge in [-0.05, 0) is 51.1 Å². The molecule has 1 aliphatic heterocycles. The first-order chi connectivity index (χ1) is 10.5. The Bertz CT molecular complexity index is 507. The number of carbonyl (C=O) groups excluding carboxylic acids is 1. The highest BCUT2D eigenvalue weighted by Crippen LogP contribution is 2.16. The lowest BCUT2D eigenvalue weighted by molar-refractivity contribution is -0.121. The van der Waals surface area contributed by atoms with Crippen molar-refractivity contribution in [3.05, 3.63) is 17.0 Å². The number of nitrogens with zero attached hydrogens (tertiary/aromatic N) is 2. The van der Waals surface area contributed by atoms with Gasteiger partial charge in [0.2, 0.25) is 5.91 Å². The molecule has 1 aromatic heterocycles. The lowest BCUT2D eigenvalue weighted by Crippen LogP contribution is -2.45. The maximum Gasteiger partial charge on any atom is 0.220 e. The van der Waals surface area contributed by atoms with Gasteiger partial charge in [0.05, 0.1) is 5.69 Å². The third kappa shape index (κ3) is 5.81. The Hall–Kier alpha value is -1.07. The SMILES string of the molecule is Cc1nn(CC(C)C)c(C)c1CCC(=O)N[C@H]1CCCNC1.Cl. The third-order valence-electron chi connectivity index (χ3n) is 4.33. The Morgan fingerprint density at radius 2 is 2.17 bits per heavy atom. The molecule has 0 bridgehead atoms. The summed E-state index contributed by atoms with van der Waals surface area (Å²) in [6.45, 7) is 11.5. The third-order valence-corrected chi connectivity index (χ3v) is 4.33. The van der Waals surface area contributed by atoms with E-state index in [4.69, 9.17) is 0 Å². The molecule has 0 unspecified atom stereocenters. The van der Waals surface area contributed by atoms with Gasteiger partial charge in [-0.15, -0.1) is 12.4 Å². The van der Waals surface area contributed by atoms with Gasteiger partial charge >= 0.3 is 0 Å². The number of halogens is 1. The van der Waals surface area contributed by atoms with Gasteiger partial charge < -0.3 is 10.6 Å². The fourth-order valence-corrected chi connectivity index (χ4v) is 3.13. The minimum Gasteiger partial charge on any atom is -0.352 e. The molecule has 2 rings (SSSR count). The largest absolute Gasteiger partial charge is 0.352 e. The number of hydrogen-bond donors (Lipinski definition) is 2. The van der Waals surface area contributed by atoms with Gasteiger partial charge in [-0.1, -0.05) is 13.8 Å². The molecular weight excluding hydrogens is 312 g/mol. The molecule has 1 atom stereocenters. The topological polar surface area (TPSA) is 59.0 Å². The summed E-state index contributed by atoms with van der Waals surface area (Å²) >= 11 is 0.